The maximum atomic E-state index is 5.44. The zero-order valence-electron chi connectivity index (χ0n) is 10.4. The minimum Gasteiger partial charge on any atom is -0.377 e. The van der Waals surface area contributed by atoms with Gasteiger partial charge in [0.05, 0.1) is 12.7 Å². The largest absolute Gasteiger partial charge is 0.377 e. The number of ether oxygens (including phenoxy) is 1. The van der Waals surface area contributed by atoms with Gasteiger partial charge in [-0.25, -0.2) is 9.97 Å². The van der Waals surface area contributed by atoms with Gasteiger partial charge in [0.1, 0.15) is 0 Å². The molecule has 1 N–H and O–H groups in total. The Morgan fingerprint density at radius 3 is 2.62 bits per heavy atom. The number of hydrogen-bond acceptors (Lipinski definition) is 5. The van der Waals surface area contributed by atoms with Crippen molar-refractivity contribution in [1.82, 2.24) is 9.97 Å². The summed E-state index contributed by atoms with van der Waals surface area (Å²) in [5.74, 6) is 1.63. The SMILES string of the molecule is CC(C)OCCNc1nccnc1N(C)C. The highest BCUT2D eigenvalue weighted by atomic mass is 16.5. The van der Waals surface area contributed by atoms with E-state index in [0.717, 1.165) is 18.2 Å². The lowest BCUT2D eigenvalue weighted by Gasteiger charge is -2.16. The second kappa shape index (κ2) is 6.27. The maximum absolute atomic E-state index is 5.44. The molecular formula is C11H20N4O. The fourth-order valence-corrected chi connectivity index (χ4v) is 1.25. The Morgan fingerprint density at radius 1 is 1.31 bits per heavy atom. The van der Waals surface area contributed by atoms with E-state index in [0.29, 0.717) is 6.61 Å². The fraction of sp³-hybridized carbons (Fsp3) is 0.636. The first-order chi connectivity index (χ1) is 7.61. The predicted octanol–water partition coefficient (Wildman–Crippen LogP) is 1.38. The summed E-state index contributed by atoms with van der Waals surface area (Å²) in [4.78, 5) is 10.4. The van der Waals surface area contributed by atoms with Gasteiger partial charge in [0, 0.05) is 33.0 Å². The van der Waals surface area contributed by atoms with Crippen molar-refractivity contribution < 1.29 is 4.74 Å². The first-order valence-corrected chi connectivity index (χ1v) is 5.45. The first-order valence-electron chi connectivity index (χ1n) is 5.45. The van der Waals surface area contributed by atoms with Crippen LogP contribution in [0.2, 0.25) is 0 Å². The van der Waals surface area contributed by atoms with Gasteiger partial charge < -0.3 is 15.0 Å². The van der Waals surface area contributed by atoms with Crippen LogP contribution in [-0.2, 0) is 4.74 Å². The van der Waals surface area contributed by atoms with Crippen LogP contribution >= 0.6 is 0 Å². The van der Waals surface area contributed by atoms with Gasteiger partial charge in [0.2, 0.25) is 0 Å². The van der Waals surface area contributed by atoms with Crippen LogP contribution in [0.1, 0.15) is 13.8 Å². The van der Waals surface area contributed by atoms with E-state index < -0.39 is 0 Å². The summed E-state index contributed by atoms with van der Waals surface area (Å²) in [6, 6.07) is 0. The molecule has 0 atom stereocenters. The van der Waals surface area contributed by atoms with Gasteiger partial charge in [0.15, 0.2) is 11.6 Å². The topological polar surface area (TPSA) is 50.3 Å². The summed E-state index contributed by atoms with van der Waals surface area (Å²) in [5, 5.41) is 3.21. The molecule has 0 aliphatic heterocycles. The Labute approximate surface area is 96.8 Å². The van der Waals surface area contributed by atoms with Crippen LogP contribution in [0.5, 0.6) is 0 Å². The molecule has 0 aromatic carbocycles. The molecule has 0 fully saturated rings. The van der Waals surface area contributed by atoms with Crippen LogP contribution in [0.3, 0.4) is 0 Å². The third-order valence-corrected chi connectivity index (χ3v) is 1.95. The third-order valence-electron chi connectivity index (χ3n) is 1.95. The maximum Gasteiger partial charge on any atom is 0.171 e. The molecule has 0 amide bonds. The van der Waals surface area contributed by atoms with E-state index in [9.17, 15) is 0 Å². The van der Waals surface area contributed by atoms with Crippen molar-refractivity contribution in [3.05, 3.63) is 12.4 Å². The highest BCUT2D eigenvalue weighted by Gasteiger charge is 2.05. The minimum atomic E-state index is 0.261. The monoisotopic (exact) mass is 224 g/mol. The summed E-state index contributed by atoms with van der Waals surface area (Å²) < 4.78 is 5.44. The Hall–Kier alpha value is -1.36. The van der Waals surface area contributed by atoms with Gasteiger partial charge in [-0.2, -0.15) is 0 Å². The molecular weight excluding hydrogens is 204 g/mol. The number of rotatable bonds is 6. The van der Waals surface area contributed by atoms with E-state index >= 15 is 0 Å². The molecule has 0 saturated carbocycles. The van der Waals surface area contributed by atoms with Crippen LogP contribution in [-0.4, -0.2) is 43.3 Å². The molecule has 0 saturated heterocycles. The lowest BCUT2D eigenvalue weighted by Crippen LogP contribution is -2.18. The molecule has 1 aromatic rings. The number of nitrogens with one attached hydrogen (secondary N) is 1. The van der Waals surface area contributed by atoms with Crippen LogP contribution in [0, 0.1) is 0 Å². The zero-order valence-corrected chi connectivity index (χ0v) is 10.4. The molecule has 0 aliphatic carbocycles. The van der Waals surface area contributed by atoms with E-state index in [4.69, 9.17) is 4.74 Å². The van der Waals surface area contributed by atoms with E-state index in [-0.39, 0.29) is 6.10 Å². The van der Waals surface area contributed by atoms with E-state index in [1.54, 1.807) is 12.4 Å². The van der Waals surface area contributed by atoms with Crippen LogP contribution in [0.4, 0.5) is 11.6 Å². The van der Waals surface area contributed by atoms with Crippen molar-refractivity contribution >= 4 is 11.6 Å². The highest BCUT2D eigenvalue weighted by molar-refractivity contribution is 5.59. The molecule has 5 nitrogen and oxygen atoms in total. The van der Waals surface area contributed by atoms with E-state index in [2.05, 4.69) is 15.3 Å². The van der Waals surface area contributed by atoms with Gasteiger partial charge in [-0.3, -0.25) is 0 Å². The summed E-state index contributed by atoms with van der Waals surface area (Å²) in [6.07, 6.45) is 3.63. The lowest BCUT2D eigenvalue weighted by molar-refractivity contribution is 0.0870. The third kappa shape index (κ3) is 4.02. The van der Waals surface area contributed by atoms with Gasteiger partial charge in [-0.1, -0.05) is 0 Å². The molecule has 0 unspecified atom stereocenters. The molecule has 0 aliphatic rings. The number of hydrogen-bond donors (Lipinski definition) is 1. The molecule has 5 heteroatoms. The minimum absolute atomic E-state index is 0.261. The standard InChI is InChI=1S/C11H20N4O/c1-9(2)16-8-7-13-10-11(15(3)4)14-6-5-12-10/h5-6,9H,7-8H2,1-4H3,(H,12,13). The Bertz CT molecular complexity index is 315. The van der Waals surface area contributed by atoms with Crippen molar-refractivity contribution in [3.63, 3.8) is 0 Å². The van der Waals surface area contributed by atoms with Crippen LogP contribution in [0.15, 0.2) is 12.4 Å². The summed E-state index contributed by atoms with van der Waals surface area (Å²) in [7, 11) is 3.89. The van der Waals surface area contributed by atoms with Crippen molar-refractivity contribution in [2.24, 2.45) is 0 Å². The van der Waals surface area contributed by atoms with Gasteiger partial charge >= 0.3 is 0 Å². The molecule has 1 heterocycles. The van der Waals surface area contributed by atoms with Gasteiger partial charge in [-0.05, 0) is 13.8 Å². The summed E-state index contributed by atoms with van der Waals surface area (Å²) in [6.45, 7) is 5.44. The average molecular weight is 224 g/mol. The quantitative estimate of drug-likeness (QED) is 0.740. The van der Waals surface area contributed by atoms with Crippen LogP contribution < -0.4 is 10.2 Å². The summed E-state index contributed by atoms with van der Waals surface area (Å²) in [5.41, 5.74) is 0. The van der Waals surface area contributed by atoms with Crippen molar-refractivity contribution in [2.45, 2.75) is 20.0 Å². The number of nitrogens with zero attached hydrogens (tertiary/aromatic N) is 3. The van der Waals surface area contributed by atoms with Crippen molar-refractivity contribution in [3.8, 4) is 0 Å². The molecule has 0 bridgehead atoms. The Balaban J connectivity index is 2.47. The van der Waals surface area contributed by atoms with E-state index in [1.165, 1.54) is 0 Å². The van der Waals surface area contributed by atoms with Gasteiger partial charge in [0.25, 0.3) is 0 Å². The molecule has 1 rings (SSSR count). The molecule has 1 aromatic heterocycles. The molecule has 16 heavy (non-hydrogen) atoms. The van der Waals surface area contributed by atoms with Crippen molar-refractivity contribution in [2.75, 3.05) is 37.5 Å². The van der Waals surface area contributed by atoms with Gasteiger partial charge in [-0.15, -0.1) is 0 Å². The predicted molar refractivity (Wildman–Crippen MR) is 65.9 cm³/mol. The second-order valence-corrected chi connectivity index (χ2v) is 3.97. The number of aromatic nitrogens is 2. The van der Waals surface area contributed by atoms with E-state index in [1.807, 2.05) is 32.8 Å². The lowest BCUT2D eigenvalue weighted by atomic mass is 10.5. The summed E-state index contributed by atoms with van der Waals surface area (Å²) >= 11 is 0. The van der Waals surface area contributed by atoms with Crippen LogP contribution in [0.25, 0.3) is 0 Å². The average Bonchev–Trinajstić information content (AvgIpc) is 2.24. The molecule has 90 valence electrons. The fourth-order valence-electron chi connectivity index (χ4n) is 1.25. The zero-order chi connectivity index (χ0) is 12.0. The first kappa shape index (κ1) is 12.7. The Kier molecular flexibility index (Phi) is 4.98. The smallest absolute Gasteiger partial charge is 0.171 e. The highest BCUT2D eigenvalue weighted by Crippen LogP contribution is 2.16. The number of anilines is 2. The van der Waals surface area contributed by atoms with Crippen molar-refractivity contribution in [1.29, 1.82) is 0 Å². The normalized spacial score (nSPS) is 10.6. The molecule has 0 spiro atoms. The second-order valence-electron chi connectivity index (χ2n) is 3.97. The molecule has 0 radical (unpaired) electrons. The Morgan fingerprint density at radius 2 is 2.00 bits per heavy atom.